The van der Waals surface area contributed by atoms with Gasteiger partial charge in [-0.1, -0.05) is 52.3 Å². The molecular weight excluding hydrogens is 843 g/mol. The first-order valence-corrected chi connectivity index (χ1v) is 22.9. The van der Waals surface area contributed by atoms with Gasteiger partial charge in [0.25, 0.3) is 15.6 Å². The molecule has 0 radical (unpaired) electrons. The number of ether oxygens (including phenoxy) is 1. The fraction of sp³-hybridized carbons (Fsp3) is 0.724. The molecule has 3 rings (SSSR count). The van der Waals surface area contributed by atoms with Gasteiger partial charge in [0.2, 0.25) is 11.8 Å². The second-order valence-electron chi connectivity index (χ2n) is 13.4. The van der Waals surface area contributed by atoms with Crippen LogP contribution in [0.5, 0.6) is 0 Å². The Morgan fingerprint density at radius 3 is 2.40 bits per heavy atom. The molecule has 2 aromatic rings. The molecule has 24 nitrogen and oxygen atoms in total. The average Bonchev–Trinajstić information content (AvgIpc) is 3.68. The highest BCUT2D eigenvalue weighted by Crippen LogP contribution is 2.56. The fourth-order valence-corrected chi connectivity index (χ4v) is 8.98. The summed E-state index contributed by atoms with van der Waals surface area (Å²) in [5.74, 6) is -1.19. The van der Waals surface area contributed by atoms with Crippen molar-refractivity contribution >= 4 is 69.1 Å². The molecule has 0 spiro atoms. The van der Waals surface area contributed by atoms with Crippen LogP contribution in [0.2, 0.25) is 0 Å². The summed E-state index contributed by atoms with van der Waals surface area (Å²) >= 11 is 1.14. The number of thioether (sulfide) groups is 1. The van der Waals surface area contributed by atoms with Crippen LogP contribution in [0, 0.1) is 11.3 Å². The van der Waals surface area contributed by atoms with Crippen LogP contribution in [-0.4, -0.2) is 103 Å². The molecule has 28 heteroatoms. The molecule has 8 atom stereocenters. The lowest BCUT2D eigenvalue weighted by Crippen LogP contribution is -2.46. The molecular formula is C29H46N7O17P3S-4. The fourth-order valence-electron chi connectivity index (χ4n) is 5.32. The predicted molar refractivity (Wildman–Crippen MR) is 192 cm³/mol. The number of nitrogen functional groups attached to an aromatic ring is 1. The number of nitrogens with one attached hydrogen (secondary N) is 2. The van der Waals surface area contributed by atoms with Gasteiger partial charge in [0.1, 0.15) is 36.3 Å². The van der Waals surface area contributed by atoms with Crippen LogP contribution >= 0.6 is 35.2 Å². The van der Waals surface area contributed by atoms with Crippen LogP contribution in [0.1, 0.15) is 66.0 Å². The molecule has 0 aliphatic carbocycles. The average molecular weight is 890 g/mol. The summed E-state index contributed by atoms with van der Waals surface area (Å²) in [5, 5.41) is 26.4. The number of carbonyl (C=O) groups excluding carboxylic acids is 3. The lowest BCUT2D eigenvalue weighted by molar-refractivity contribution is -0.347. The number of fused-ring (bicyclic) bond motifs is 1. The highest BCUT2D eigenvalue weighted by atomic mass is 32.2. The Hall–Kier alpha value is -2.44. The van der Waals surface area contributed by atoms with Crippen molar-refractivity contribution in [3.63, 3.8) is 0 Å². The van der Waals surface area contributed by atoms with Crippen molar-refractivity contribution in [1.29, 1.82) is 0 Å². The summed E-state index contributed by atoms with van der Waals surface area (Å²) in [6, 6.07) is 0. The molecule has 2 amide bonds. The van der Waals surface area contributed by atoms with E-state index < -0.39 is 84.6 Å². The molecule has 1 aliphatic rings. The Labute approximate surface area is 331 Å². The summed E-state index contributed by atoms with van der Waals surface area (Å²) in [5.41, 5.74) is 4.08. The Morgan fingerprint density at radius 1 is 1.07 bits per heavy atom. The van der Waals surface area contributed by atoms with Gasteiger partial charge in [-0.05, 0) is 12.8 Å². The number of nitrogens with two attached hydrogens (primary N) is 1. The van der Waals surface area contributed by atoms with Gasteiger partial charge >= 0.3 is 0 Å². The first-order chi connectivity index (χ1) is 26.5. The molecule has 1 fully saturated rings. The van der Waals surface area contributed by atoms with Gasteiger partial charge in [0, 0.05) is 36.6 Å². The van der Waals surface area contributed by atoms with Crippen LogP contribution in [0.15, 0.2) is 12.7 Å². The maximum absolute atomic E-state index is 12.6. The van der Waals surface area contributed by atoms with E-state index in [1.165, 1.54) is 13.8 Å². The number of phosphoric ester groups is 3. The standard InChI is InChI=1S/C29H50N7O17P3S/c1-5-7-8-17(6-2)28(41)57-12-11-31-19(37)9-10-32-26(40)23(39)29(3,4)14-50-56(47,48)53-55(45,46)49-13-18-22(52-54(42,43)44)21(38)27(51-18)36-16-35-20-24(30)33-15-34-25(20)36/h15-18,21-23,27,38-39H,5-14H2,1-4H3,(H,31,37)(H,32,40)(H,45,46)(H,47,48)(H2,30,33,34)(H2,42,43,44)/p-4/t17?,18-,21-,22-,23+,27-/m1/s1. The summed E-state index contributed by atoms with van der Waals surface area (Å²) in [6.07, 6.45) is -4.06. The largest absolute Gasteiger partial charge is 0.790 e. The number of nitrogens with zero attached hydrogens (tertiary/aromatic N) is 4. The highest BCUT2D eigenvalue weighted by molar-refractivity contribution is 8.13. The predicted octanol–water partition coefficient (Wildman–Crippen LogP) is -1.65. The van der Waals surface area contributed by atoms with Crippen LogP contribution in [0.3, 0.4) is 0 Å². The number of phosphoric acid groups is 3. The van der Waals surface area contributed by atoms with Crippen molar-refractivity contribution in [2.75, 3.05) is 37.8 Å². The van der Waals surface area contributed by atoms with Crippen LogP contribution in [-0.2, 0) is 50.7 Å². The molecule has 57 heavy (non-hydrogen) atoms. The maximum atomic E-state index is 12.6. The van der Waals surface area contributed by atoms with E-state index in [-0.39, 0.29) is 47.5 Å². The number of imidazole rings is 1. The maximum Gasteiger partial charge on any atom is 0.274 e. The Morgan fingerprint density at radius 2 is 1.75 bits per heavy atom. The molecule has 324 valence electrons. The zero-order valence-electron chi connectivity index (χ0n) is 31.3. The molecule has 0 saturated carbocycles. The number of aliphatic hydroxyl groups excluding tert-OH is 2. The summed E-state index contributed by atoms with van der Waals surface area (Å²) in [6.45, 7) is 4.15. The van der Waals surface area contributed by atoms with Gasteiger partial charge in [-0.3, -0.25) is 28.1 Å². The number of amides is 2. The topological polar surface area (TPSA) is 375 Å². The van der Waals surface area contributed by atoms with Crippen molar-refractivity contribution in [1.82, 2.24) is 30.2 Å². The number of aromatic nitrogens is 4. The third-order valence-electron chi connectivity index (χ3n) is 8.45. The lowest BCUT2D eigenvalue weighted by atomic mass is 9.87. The van der Waals surface area contributed by atoms with Crippen molar-refractivity contribution in [2.24, 2.45) is 11.3 Å². The van der Waals surface area contributed by atoms with Gasteiger partial charge < -0.3 is 69.0 Å². The minimum atomic E-state index is -5.91. The molecule has 2 aromatic heterocycles. The summed E-state index contributed by atoms with van der Waals surface area (Å²) < 4.78 is 60.6. The zero-order chi connectivity index (χ0) is 42.8. The van der Waals surface area contributed by atoms with Crippen molar-refractivity contribution in [3.8, 4) is 0 Å². The van der Waals surface area contributed by atoms with E-state index in [1.54, 1.807) is 0 Å². The smallest absolute Gasteiger partial charge is 0.274 e. The third-order valence-corrected chi connectivity index (χ3v) is 12.5. The number of hydrogen-bond donors (Lipinski definition) is 5. The monoisotopic (exact) mass is 889 g/mol. The number of rotatable bonds is 24. The first-order valence-electron chi connectivity index (χ1n) is 17.5. The second-order valence-corrected chi connectivity index (χ2v) is 18.6. The quantitative estimate of drug-likeness (QED) is 0.0582. The zero-order valence-corrected chi connectivity index (χ0v) is 34.8. The minimum absolute atomic E-state index is 0.0197. The summed E-state index contributed by atoms with van der Waals surface area (Å²) in [4.78, 5) is 96.5. The molecule has 1 saturated heterocycles. The van der Waals surface area contributed by atoms with Gasteiger partial charge in [0.15, 0.2) is 22.8 Å². The van der Waals surface area contributed by atoms with Crippen molar-refractivity contribution < 1.29 is 80.5 Å². The van der Waals surface area contributed by atoms with E-state index in [9.17, 15) is 57.9 Å². The number of hydrogen-bond acceptors (Lipinski definition) is 22. The molecule has 3 unspecified atom stereocenters. The van der Waals surface area contributed by atoms with Gasteiger partial charge in [-0.25, -0.2) is 19.3 Å². The van der Waals surface area contributed by atoms with E-state index in [4.69, 9.17) is 10.5 Å². The van der Waals surface area contributed by atoms with Crippen LogP contribution < -0.4 is 35.9 Å². The van der Waals surface area contributed by atoms with E-state index in [2.05, 4.69) is 43.5 Å². The van der Waals surface area contributed by atoms with E-state index >= 15 is 0 Å². The first kappa shape index (κ1) is 48.9. The number of aliphatic hydroxyl groups is 2. The van der Waals surface area contributed by atoms with E-state index in [0.29, 0.717) is 5.75 Å². The van der Waals surface area contributed by atoms with E-state index in [0.717, 1.165) is 54.7 Å². The second kappa shape index (κ2) is 21.2. The van der Waals surface area contributed by atoms with Crippen LogP contribution in [0.4, 0.5) is 5.82 Å². The van der Waals surface area contributed by atoms with Crippen molar-refractivity contribution in [2.45, 2.75) is 90.4 Å². The number of anilines is 1. The highest BCUT2D eigenvalue weighted by Gasteiger charge is 2.47. The Balaban J connectivity index is 1.48. The number of unbranched alkanes of at least 4 members (excludes halogenated alkanes) is 1. The molecule has 6 N–H and O–H groups in total. The Kier molecular flexibility index (Phi) is 18.2. The van der Waals surface area contributed by atoms with Gasteiger partial charge in [-0.15, -0.1) is 0 Å². The van der Waals surface area contributed by atoms with E-state index in [1.807, 2.05) is 13.8 Å². The van der Waals surface area contributed by atoms with Crippen molar-refractivity contribution in [3.05, 3.63) is 12.7 Å². The lowest BCUT2D eigenvalue weighted by Gasteiger charge is -2.36. The van der Waals surface area contributed by atoms with Crippen LogP contribution in [0.25, 0.3) is 11.2 Å². The molecule has 1 aliphatic heterocycles. The normalized spacial score (nSPS) is 22.1. The molecule has 3 heterocycles. The molecule has 0 bridgehead atoms. The third kappa shape index (κ3) is 15.0. The summed E-state index contributed by atoms with van der Waals surface area (Å²) in [7, 11) is -17.6. The SMILES string of the molecule is CCCCC(CC)C(=O)SCCNC(=O)CCNC(=O)[C@H](O)C(C)(C)COP(=O)([O-])OP(=O)([O-])OC[C@H]1O[C@@H](n2cnc3c(N)ncnc32)[C@H](O)[C@@H]1OP(=O)([O-])[O-]. The number of carbonyl (C=O) groups is 3. The van der Waals surface area contributed by atoms with Gasteiger partial charge in [0.05, 0.1) is 27.4 Å². The Bertz CT molecular complexity index is 1830. The molecule has 0 aromatic carbocycles. The minimum Gasteiger partial charge on any atom is -0.790 e. The van der Waals surface area contributed by atoms with Gasteiger partial charge in [-0.2, -0.15) is 0 Å².